The van der Waals surface area contributed by atoms with Gasteiger partial charge in [-0.2, -0.15) is 0 Å². The molecular weight excluding hydrogens is 246 g/mol. The molecule has 0 aromatic carbocycles. The summed E-state index contributed by atoms with van der Waals surface area (Å²) < 4.78 is 7.72. The fourth-order valence-corrected chi connectivity index (χ4v) is 1.76. The summed E-state index contributed by atoms with van der Waals surface area (Å²) in [4.78, 5) is 11.3. The molecule has 1 aromatic heterocycles. The maximum Gasteiger partial charge on any atom is 0.195 e. The first-order valence-electron chi connectivity index (χ1n) is 4.44. The average Bonchev–Trinajstić information content (AvgIpc) is 2.15. The van der Waals surface area contributed by atoms with Crippen LogP contribution in [-0.4, -0.2) is 18.3 Å². The van der Waals surface area contributed by atoms with Gasteiger partial charge >= 0.3 is 0 Å². The zero-order valence-corrected chi connectivity index (χ0v) is 10.2. The molecule has 0 spiro atoms. The molecule has 1 rings (SSSR count). The molecular formula is C10H14BrNO2. The average molecular weight is 260 g/mol. The van der Waals surface area contributed by atoms with Crippen LogP contribution < -0.4 is 5.43 Å². The van der Waals surface area contributed by atoms with Crippen molar-refractivity contribution in [3.8, 4) is 0 Å². The van der Waals surface area contributed by atoms with Crippen molar-refractivity contribution in [2.45, 2.75) is 19.9 Å². The van der Waals surface area contributed by atoms with Gasteiger partial charge in [0.25, 0.3) is 0 Å². The molecule has 0 saturated heterocycles. The van der Waals surface area contributed by atoms with Gasteiger partial charge in [0.1, 0.15) is 0 Å². The predicted octanol–water partition coefficient (Wildman–Crippen LogP) is 2.13. The lowest BCUT2D eigenvalue weighted by molar-refractivity contribution is 0.161. The molecule has 0 amide bonds. The maximum atomic E-state index is 11.3. The van der Waals surface area contributed by atoms with Crippen molar-refractivity contribution in [1.29, 1.82) is 0 Å². The van der Waals surface area contributed by atoms with E-state index in [2.05, 4.69) is 15.9 Å². The van der Waals surface area contributed by atoms with Gasteiger partial charge in [0.15, 0.2) is 5.43 Å². The van der Waals surface area contributed by atoms with Crippen LogP contribution in [0.15, 0.2) is 21.5 Å². The smallest absolute Gasteiger partial charge is 0.195 e. The van der Waals surface area contributed by atoms with Crippen LogP contribution in [0.5, 0.6) is 0 Å². The Bertz CT molecular complexity index is 373. The van der Waals surface area contributed by atoms with Gasteiger partial charge in [0.2, 0.25) is 0 Å². The molecule has 14 heavy (non-hydrogen) atoms. The van der Waals surface area contributed by atoms with Gasteiger partial charge in [-0.3, -0.25) is 4.79 Å². The molecule has 0 aliphatic rings. The van der Waals surface area contributed by atoms with Crippen LogP contribution in [0.1, 0.15) is 18.7 Å². The number of halogens is 1. The highest BCUT2D eigenvalue weighted by Crippen LogP contribution is 2.15. The Morgan fingerprint density at radius 3 is 2.86 bits per heavy atom. The lowest BCUT2D eigenvalue weighted by Crippen LogP contribution is -2.17. The fourth-order valence-electron chi connectivity index (χ4n) is 1.42. The Kier molecular flexibility index (Phi) is 3.89. The van der Waals surface area contributed by atoms with E-state index in [1.165, 1.54) is 0 Å². The lowest BCUT2D eigenvalue weighted by atomic mass is 10.3. The molecule has 1 aromatic rings. The van der Waals surface area contributed by atoms with E-state index in [1.54, 1.807) is 19.4 Å². The summed E-state index contributed by atoms with van der Waals surface area (Å²) in [6.07, 6.45) is 1.80. The largest absolute Gasteiger partial charge is 0.383 e. The molecule has 4 heteroatoms. The van der Waals surface area contributed by atoms with Crippen LogP contribution in [-0.2, 0) is 4.74 Å². The molecule has 78 valence electrons. The number of ether oxygens (including phenoxy) is 1. The van der Waals surface area contributed by atoms with E-state index < -0.39 is 0 Å². The van der Waals surface area contributed by atoms with Gasteiger partial charge in [0, 0.05) is 25.1 Å². The van der Waals surface area contributed by atoms with Crippen molar-refractivity contribution in [1.82, 2.24) is 4.57 Å². The molecule has 0 aliphatic heterocycles. The van der Waals surface area contributed by atoms with Crippen molar-refractivity contribution in [2.24, 2.45) is 0 Å². The van der Waals surface area contributed by atoms with E-state index in [9.17, 15) is 4.79 Å². The summed E-state index contributed by atoms with van der Waals surface area (Å²) in [6.45, 7) is 4.60. The van der Waals surface area contributed by atoms with Crippen molar-refractivity contribution in [3.63, 3.8) is 0 Å². The van der Waals surface area contributed by atoms with Gasteiger partial charge in [-0.15, -0.1) is 0 Å². The molecule has 0 N–H and O–H groups in total. The first kappa shape index (κ1) is 11.5. The number of hydrogen-bond donors (Lipinski definition) is 0. The first-order chi connectivity index (χ1) is 6.57. The quantitative estimate of drug-likeness (QED) is 0.833. The minimum Gasteiger partial charge on any atom is -0.383 e. The monoisotopic (exact) mass is 259 g/mol. The van der Waals surface area contributed by atoms with E-state index in [-0.39, 0.29) is 11.5 Å². The minimum absolute atomic E-state index is 0.0170. The number of aromatic nitrogens is 1. The summed E-state index contributed by atoms with van der Waals surface area (Å²) in [7, 11) is 1.67. The van der Waals surface area contributed by atoms with E-state index in [0.29, 0.717) is 11.1 Å². The van der Waals surface area contributed by atoms with Crippen LogP contribution >= 0.6 is 15.9 Å². The molecule has 0 radical (unpaired) electrons. The summed E-state index contributed by atoms with van der Waals surface area (Å²) in [6, 6.07) is 1.79. The standard InChI is InChI=1S/C10H14BrNO2/c1-7(6-14-3)12-5-4-9(13)10(11)8(12)2/h4-5,7H,6H2,1-3H3/t7-/m1/s1. The highest BCUT2D eigenvalue weighted by atomic mass is 79.9. The van der Waals surface area contributed by atoms with Gasteiger partial charge in [-0.1, -0.05) is 0 Å². The van der Waals surface area contributed by atoms with Crippen LogP contribution in [0.4, 0.5) is 0 Å². The fraction of sp³-hybridized carbons (Fsp3) is 0.500. The van der Waals surface area contributed by atoms with E-state index in [4.69, 9.17) is 4.74 Å². The Morgan fingerprint density at radius 2 is 2.29 bits per heavy atom. The number of pyridine rings is 1. The van der Waals surface area contributed by atoms with Crippen molar-refractivity contribution < 1.29 is 4.74 Å². The van der Waals surface area contributed by atoms with Crippen LogP contribution in [0.25, 0.3) is 0 Å². The Hall–Kier alpha value is -0.610. The molecule has 0 aliphatic carbocycles. The SMILES string of the molecule is COC[C@@H](C)n1ccc(=O)c(Br)c1C. The van der Waals surface area contributed by atoms with Crippen molar-refractivity contribution >= 4 is 15.9 Å². The highest BCUT2D eigenvalue weighted by molar-refractivity contribution is 9.10. The Labute approximate surface area is 91.8 Å². The summed E-state index contributed by atoms with van der Waals surface area (Å²) in [5.74, 6) is 0. The molecule has 0 fully saturated rings. The third-order valence-electron chi connectivity index (χ3n) is 2.19. The summed E-state index contributed by atoms with van der Waals surface area (Å²) in [5, 5.41) is 0. The molecule has 1 heterocycles. The highest BCUT2D eigenvalue weighted by Gasteiger charge is 2.09. The molecule has 3 nitrogen and oxygen atoms in total. The molecule has 1 atom stereocenters. The lowest BCUT2D eigenvalue weighted by Gasteiger charge is -2.18. The third-order valence-corrected chi connectivity index (χ3v) is 3.16. The normalized spacial score (nSPS) is 12.9. The van der Waals surface area contributed by atoms with E-state index in [0.717, 1.165) is 5.69 Å². The predicted molar refractivity (Wildman–Crippen MR) is 59.7 cm³/mol. The van der Waals surface area contributed by atoms with Crippen molar-refractivity contribution in [3.05, 3.63) is 32.7 Å². The zero-order chi connectivity index (χ0) is 10.7. The first-order valence-corrected chi connectivity index (χ1v) is 5.23. The Morgan fingerprint density at radius 1 is 1.64 bits per heavy atom. The number of nitrogens with zero attached hydrogens (tertiary/aromatic N) is 1. The number of hydrogen-bond acceptors (Lipinski definition) is 2. The van der Waals surface area contributed by atoms with Gasteiger partial charge in [-0.25, -0.2) is 0 Å². The third kappa shape index (κ3) is 2.25. The van der Waals surface area contributed by atoms with Crippen molar-refractivity contribution in [2.75, 3.05) is 13.7 Å². The van der Waals surface area contributed by atoms with Gasteiger partial charge < -0.3 is 9.30 Å². The van der Waals surface area contributed by atoms with Gasteiger partial charge in [0.05, 0.1) is 17.1 Å². The van der Waals surface area contributed by atoms with Crippen LogP contribution in [0, 0.1) is 6.92 Å². The van der Waals surface area contributed by atoms with E-state index >= 15 is 0 Å². The van der Waals surface area contributed by atoms with Crippen LogP contribution in [0.2, 0.25) is 0 Å². The minimum atomic E-state index is 0.0170. The summed E-state index contributed by atoms with van der Waals surface area (Å²) in [5.41, 5.74) is 0.949. The zero-order valence-electron chi connectivity index (χ0n) is 8.58. The topological polar surface area (TPSA) is 31.2 Å². The second-order valence-electron chi connectivity index (χ2n) is 3.29. The second kappa shape index (κ2) is 4.75. The number of methoxy groups -OCH3 is 1. The maximum absolute atomic E-state index is 11.3. The molecule has 0 unspecified atom stereocenters. The summed E-state index contributed by atoms with van der Waals surface area (Å²) >= 11 is 3.28. The second-order valence-corrected chi connectivity index (χ2v) is 4.08. The van der Waals surface area contributed by atoms with E-state index in [1.807, 2.05) is 18.4 Å². The Balaban J connectivity index is 3.11. The molecule has 0 bridgehead atoms. The molecule has 0 saturated carbocycles. The van der Waals surface area contributed by atoms with Gasteiger partial charge in [-0.05, 0) is 29.8 Å². The number of rotatable bonds is 3. The van der Waals surface area contributed by atoms with Crippen LogP contribution in [0.3, 0.4) is 0 Å².